The van der Waals surface area contributed by atoms with Crippen LogP contribution >= 0.6 is 0 Å². The molecule has 0 bridgehead atoms. The van der Waals surface area contributed by atoms with Crippen LogP contribution in [0.5, 0.6) is 0 Å². The first-order valence-electron chi connectivity index (χ1n) is 21.9. The van der Waals surface area contributed by atoms with Gasteiger partial charge >= 0.3 is 0 Å². The van der Waals surface area contributed by atoms with E-state index in [4.69, 9.17) is 0 Å². The Morgan fingerprint density at radius 3 is 1.24 bits per heavy atom. The molecule has 0 unspecified atom stereocenters. The molecule has 1 aliphatic carbocycles. The van der Waals surface area contributed by atoms with E-state index in [1.165, 1.54) is 121 Å². The smallest absolute Gasteiger partial charge is 0.0540 e. The summed E-state index contributed by atoms with van der Waals surface area (Å²) in [5.74, 6) is 0. The van der Waals surface area contributed by atoms with Gasteiger partial charge in [-0.25, -0.2) is 0 Å². The summed E-state index contributed by atoms with van der Waals surface area (Å²) >= 11 is 0. The summed E-state index contributed by atoms with van der Waals surface area (Å²) in [4.78, 5) is 2.52. The van der Waals surface area contributed by atoms with Crippen LogP contribution in [0.1, 0.15) is 36.1 Å². The van der Waals surface area contributed by atoms with E-state index in [1.54, 1.807) is 0 Å². The van der Waals surface area contributed by atoms with Crippen LogP contribution in [-0.2, 0) is 5.41 Å². The van der Waals surface area contributed by atoms with Crippen LogP contribution in [0.2, 0.25) is 0 Å². The zero-order chi connectivity index (χ0) is 41.7. The second-order valence-electron chi connectivity index (χ2n) is 17.7. The standard InChI is InChI=1S/C61H45N/c1-38-29-34-56(46-21-8-5-17-41(38)46)62(57-35-30-39(2)42-18-6-9-22-47(42)57)58-36-33-53(43-19-7-10-23-48(43)58)60-51-26-13-11-24-49(51)59(50-25-12-14-27-52(50)60)40-31-32-45-44-20-15-16-28-54(44)61(3,4)55(45)37-40/h5-37H,1-4H3. The summed E-state index contributed by atoms with van der Waals surface area (Å²) in [6.07, 6.45) is 0. The maximum Gasteiger partial charge on any atom is 0.0540 e. The van der Waals surface area contributed by atoms with Crippen LogP contribution in [-0.4, -0.2) is 0 Å². The molecule has 1 aliphatic rings. The number of rotatable bonds is 5. The van der Waals surface area contributed by atoms with E-state index >= 15 is 0 Å². The van der Waals surface area contributed by atoms with Crippen molar-refractivity contribution < 1.29 is 0 Å². The van der Waals surface area contributed by atoms with Gasteiger partial charge in [0.2, 0.25) is 0 Å². The number of hydrogen-bond acceptors (Lipinski definition) is 1. The Morgan fingerprint density at radius 1 is 0.306 bits per heavy atom. The second kappa shape index (κ2) is 13.8. The highest BCUT2D eigenvalue weighted by Crippen LogP contribution is 2.53. The Morgan fingerprint density at radius 2 is 0.694 bits per heavy atom. The Hall–Kier alpha value is -7.48. The van der Waals surface area contributed by atoms with Crippen molar-refractivity contribution >= 4 is 70.9 Å². The van der Waals surface area contributed by atoms with Gasteiger partial charge in [0.1, 0.15) is 0 Å². The van der Waals surface area contributed by atoms with Gasteiger partial charge in [-0.05, 0) is 131 Å². The van der Waals surface area contributed by atoms with E-state index in [1.807, 2.05) is 0 Å². The summed E-state index contributed by atoms with van der Waals surface area (Å²) < 4.78 is 0. The molecular weight excluding hydrogens is 747 g/mol. The summed E-state index contributed by atoms with van der Waals surface area (Å²) in [6.45, 7) is 9.18. The van der Waals surface area contributed by atoms with Crippen molar-refractivity contribution in [1.82, 2.24) is 0 Å². The largest absolute Gasteiger partial charge is 0.309 e. The lowest BCUT2D eigenvalue weighted by molar-refractivity contribution is 0.660. The number of hydrogen-bond donors (Lipinski definition) is 0. The fourth-order valence-corrected chi connectivity index (χ4v) is 10.9. The van der Waals surface area contributed by atoms with E-state index < -0.39 is 0 Å². The lowest BCUT2D eigenvalue weighted by Crippen LogP contribution is -2.14. The quantitative estimate of drug-likeness (QED) is 0.157. The van der Waals surface area contributed by atoms with Crippen molar-refractivity contribution in [3.05, 3.63) is 222 Å². The van der Waals surface area contributed by atoms with Gasteiger partial charge in [-0.15, -0.1) is 0 Å². The molecule has 0 N–H and O–H groups in total. The van der Waals surface area contributed by atoms with E-state index in [9.17, 15) is 0 Å². The molecule has 11 aromatic rings. The Labute approximate surface area is 363 Å². The molecule has 0 heterocycles. The van der Waals surface area contributed by atoms with Crippen molar-refractivity contribution in [2.45, 2.75) is 33.1 Å². The molecular formula is C61H45N. The molecule has 0 amide bonds. The summed E-state index contributed by atoms with van der Waals surface area (Å²) in [5.41, 5.74) is 16.5. The first kappa shape index (κ1) is 36.4. The van der Waals surface area contributed by atoms with Gasteiger partial charge in [0.05, 0.1) is 17.1 Å². The topological polar surface area (TPSA) is 3.24 Å². The zero-order valence-electron chi connectivity index (χ0n) is 35.5. The molecule has 0 aliphatic heterocycles. The Balaban J connectivity index is 1.12. The van der Waals surface area contributed by atoms with E-state index in [2.05, 4.69) is 233 Å². The number of nitrogens with zero attached hydrogens (tertiary/aromatic N) is 1. The minimum Gasteiger partial charge on any atom is -0.309 e. The minimum absolute atomic E-state index is 0.0856. The minimum atomic E-state index is -0.0856. The number of benzene rings is 11. The monoisotopic (exact) mass is 791 g/mol. The molecule has 12 rings (SSSR count). The highest BCUT2D eigenvalue weighted by Gasteiger charge is 2.35. The van der Waals surface area contributed by atoms with Crippen LogP contribution in [0.4, 0.5) is 17.1 Å². The molecule has 0 saturated heterocycles. The van der Waals surface area contributed by atoms with Crippen LogP contribution in [0.15, 0.2) is 200 Å². The molecule has 62 heavy (non-hydrogen) atoms. The molecule has 0 fully saturated rings. The molecule has 0 spiro atoms. The molecule has 0 radical (unpaired) electrons. The van der Waals surface area contributed by atoms with Gasteiger partial charge in [-0.1, -0.05) is 190 Å². The predicted octanol–water partition coefficient (Wildman–Crippen LogP) is 17.2. The van der Waals surface area contributed by atoms with Crippen LogP contribution in [0.3, 0.4) is 0 Å². The van der Waals surface area contributed by atoms with Gasteiger partial charge in [0.15, 0.2) is 0 Å². The SMILES string of the molecule is Cc1ccc(N(c2ccc(C)c3ccccc23)c2ccc(-c3c4ccccc4c(-c4ccc5c(c4)C(C)(C)c4ccccc4-5)c4ccccc34)c3ccccc23)c2ccccc12. The fraction of sp³-hybridized carbons (Fsp3) is 0.0820. The average Bonchev–Trinajstić information content (AvgIpc) is 3.55. The van der Waals surface area contributed by atoms with Crippen molar-refractivity contribution in [2.75, 3.05) is 4.90 Å². The molecule has 0 atom stereocenters. The molecule has 294 valence electrons. The van der Waals surface area contributed by atoms with Gasteiger partial charge in [0.25, 0.3) is 0 Å². The average molecular weight is 792 g/mol. The van der Waals surface area contributed by atoms with E-state index in [0.717, 1.165) is 5.69 Å². The van der Waals surface area contributed by atoms with E-state index in [0.29, 0.717) is 0 Å². The van der Waals surface area contributed by atoms with Gasteiger partial charge in [-0.2, -0.15) is 0 Å². The second-order valence-corrected chi connectivity index (χ2v) is 17.7. The maximum absolute atomic E-state index is 2.52. The highest BCUT2D eigenvalue weighted by molar-refractivity contribution is 6.24. The maximum atomic E-state index is 2.52. The Kier molecular flexibility index (Phi) is 8.08. The fourth-order valence-electron chi connectivity index (χ4n) is 10.9. The molecule has 11 aromatic carbocycles. The molecule has 1 heteroatoms. The normalized spacial score (nSPS) is 13.0. The third kappa shape index (κ3) is 5.28. The third-order valence-corrected chi connectivity index (χ3v) is 13.9. The van der Waals surface area contributed by atoms with Crippen molar-refractivity contribution in [1.29, 1.82) is 0 Å². The third-order valence-electron chi connectivity index (χ3n) is 13.9. The molecule has 1 nitrogen and oxygen atoms in total. The van der Waals surface area contributed by atoms with Crippen LogP contribution in [0.25, 0.3) is 87.2 Å². The summed E-state index contributed by atoms with van der Waals surface area (Å²) in [5, 5.41) is 12.5. The number of aryl methyl sites for hydroxylation is 2. The van der Waals surface area contributed by atoms with Gasteiger partial charge in [0, 0.05) is 21.6 Å². The van der Waals surface area contributed by atoms with Gasteiger partial charge in [-0.3, -0.25) is 0 Å². The molecule has 0 saturated carbocycles. The van der Waals surface area contributed by atoms with Crippen molar-refractivity contribution in [3.8, 4) is 33.4 Å². The Bertz CT molecular complexity index is 3500. The summed E-state index contributed by atoms with van der Waals surface area (Å²) in [7, 11) is 0. The van der Waals surface area contributed by atoms with Gasteiger partial charge < -0.3 is 4.90 Å². The lowest BCUT2D eigenvalue weighted by Gasteiger charge is -2.30. The lowest BCUT2D eigenvalue weighted by atomic mass is 9.80. The highest BCUT2D eigenvalue weighted by atomic mass is 15.1. The first-order valence-corrected chi connectivity index (χ1v) is 21.9. The van der Waals surface area contributed by atoms with Crippen molar-refractivity contribution in [3.63, 3.8) is 0 Å². The van der Waals surface area contributed by atoms with Crippen LogP contribution < -0.4 is 4.90 Å². The molecule has 0 aromatic heterocycles. The summed E-state index contributed by atoms with van der Waals surface area (Å²) in [6, 6.07) is 74.9. The first-order chi connectivity index (χ1) is 30.4. The van der Waals surface area contributed by atoms with Crippen molar-refractivity contribution in [2.24, 2.45) is 0 Å². The van der Waals surface area contributed by atoms with Crippen LogP contribution in [0, 0.1) is 13.8 Å². The number of fused-ring (bicyclic) bond motifs is 8. The number of anilines is 3. The zero-order valence-corrected chi connectivity index (χ0v) is 35.5. The predicted molar refractivity (Wildman–Crippen MR) is 267 cm³/mol. The van der Waals surface area contributed by atoms with E-state index in [-0.39, 0.29) is 5.41 Å².